The molecule has 4 unspecified atom stereocenters. The first kappa shape index (κ1) is 22.0. The Balaban J connectivity index is 1.71. The van der Waals surface area contributed by atoms with Gasteiger partial charge in [-0.3, -0.25) is 24.6 Å². The lowest BCUT2D eigenvalue weighted by molar-refractivity contribution is -0.152. The van der Waals surface area contributed by atoms with Crippen molar-refractivity contribution in [2.45, 2.75) is 44.3 Å². The first-order chi connectivity index (χ1) is 15.5. The fourth-order valence-corrected chi connectivity index (χ4v) is 4.96. The van der Waals surface area contributed by atoms with E-state index < -0.39 is 35.3 Å². The molecule has 6 heteroatoms. The summed E-state index contributed by atoms with van der Waals surface area (Å²) in [5.41, 5.74) is 0.336. The molecule has 2 heterocycles. The second kappa shape index (κ2) is 9.09. The van der Waals surface area contributed by atoms with Gasteiger partial charge in [0.15, 0.2) is 0 Å². The molecule has 2 aliphatic rings. The number of amides is 2. The fraction of sp³-hybridized carbons (Fsp3) is 0.346. The largest absolute Gasteiger partial charge is 0.480 e. The Bertz CT molecular complexity index is 1020. The van der Waals surface area contributed by atoms with E-state index in [-0.39, 0.29) is 12.5 Å². The van der Waals surface area contributed by atoms with E-state index in [1.54, 1.807) is 0 Å². The van der Waals surface area contributed by atoms with Gasteiger partial charge in [0, 0.05) is 6.04 Å². The van der Waals surface area contributed by atoms with Gasteiger partial charge in [0.05, 0.1) is 18.4 Å². The van der Waals surface area contributed by atoms with Crippen LogP contribution in [0.15, 0.2) is 66.7 Å². The van der Waals surface area contributed by atoms with Crippen LogP contribution in [-0.2, 0) is 20.9 Å². The normalized spacial score (nSPS) is 27.3. The van der Waals surface area contributed by atoms with Gasteiger partial charge in [-0.25, -0.2) is 0 Å². The lowest BCUT2D eigenvalue weighted by Gasteiger charge is -2.30. The zero-order valence-electron chi connectivity index (χ0n) is 18.1. The highest BCUT2D eigenvalue weighted by Crippen LogP contribution is 2.46. The number of fused-ring (bicyclic) bond motifs is 1. The van der Waals surface area contributed by atoms with Crippen molar-refractivity contribution >= 4 is 23.9 Å². The molecule has 2 amide bonds. The van der Waals surface area contributed by atoms with Crippen molar-refractivity contribution in [3.63, 3.8) is 0 Å². The fourth-order valence-electron chi connectivity index (χ4n) is 4.96. The third-order valence-corrected chi connectivity index (χ3v) is 6.57. The number of carboxylic acids is 1. The Labute approximate surface area is 187 Å². The van der Waals surface area contributed by atoms with Gasteiger partial charge < -0.3 is 5.11 Å². The van der Waals surface area contributed by atoms with Gasteiger partial charge in [0.2, 0.25) is 11.8 Å². The molecular formula is C26H28N2O4. The summed E-state index contributed by atoms with van der Waals surface area (Å²) < 4.78 is 0. The zero-order valence-corrected chi connectivity index (χ0v) is 18.1. The average molecular weight is 433 g/mol. The zero-order chi connectivity index (χ0) is 22.7. The van der Waals surface area contributed by atoms with Gasteiger partial charge in [0.1, 0.15) is 5.54 Å². The molecule has 0 spiro atoms. The molecule has 0 radical (unpaired) electrons. The van der Waals surface area contributed by atoms with E-state index in [0.29, 0.717) is 12.8 Å². The molecule has 0 bridgehead atoms. The summed E-state index contributed by atoms with van der Waals surface area (Å²) >= 11 is 0. The van der Waals surface area contributed by atoms with Crippen molar-refractivity contribution in [3.8, 4) is 0 Å². The van der Waals surface area contributed by atoms with Crippen LogP contribution < -0.4 is 5.32 Å². The Morgan fingerprint density at radius 1 is 1.06 bits per heavy atom. The van der Waals surface area contributed by atoms with E-state index >= 15 is 0 Å². The van der Waals surface area contributed by atoms with Crippen LogP contribution in [0.5, 0.6) is 0 Å². The number of rotatable bonds is 8. The number of hydrogen-bond donors (Lipinski definition) is 2. The molecular weight excluding hydrogens is 404 g/mol. The van der Waals surface area contributed by atoms with Crippen LogP contribution >= 0.6 is 0 Å². The van der Waals surface area contributed by atoms with Crippen molar-refractivity contribution in [3.05, 3.63) is 77.9 Å². The summed E-state index contributed by atoms with van der Waals surface area (Å²) in [6.45, 7) is 2.14. The van der Waals surface area contributed by atoms with Crippen molar-refractivity contribution in [1.82, 2.24) is 10.2 Å². The Kier molecular flexibility index (Phi) is 6.24. The minimum absolute atomic E-state index is 0.157. The van der Waals surface area contributed by atoms with Gasteiger partial charge >= 0.3 is 5.97 Å². The maximum absolute atomic E-state index is 13.5. The van der Waals surface area contributed by atoms with Crippen LogP contribution in [0.2, 0.25) is 0 Å². The Morgan fingerprint density at radius 3 is 2.34 bits per heavy atom. The molecule has 4 atom stereocenters. The summed E-state index contributed by atoms with van der Waals surface area (Å²) in [4.78, 5) is 40.7. The van der Waals surface area contributed by atoms with Crippen molar-refractivity contribution in [2.24, 2.45) is 11.8 Å². The van der Waals surface area contributed by atoms with E-state index in [9.17, 15) is 19.5 Å². The van der Waals surface area contributed by atoms with Crippen LogP contribution in [-0.4, -0.2) is 39.4 Å². The Hall–Kier alpha value is -3.25. The summed E-state index contributed by atoms with van der Waals surface area (Å²) in [5.74, 6) is -3.43. The first-order valence-corrected chi connectivity index (χ1v) is 11.1. The van der Waals surface area contributed by atoms with E-state index in [2.05, 4.69) is 5.32 Å². The number of hydrogen-bond acceptors (Lipinski definition) is 4. The number of carboxylic acid groups (broad SMARTS) is 1. The summed E-state index contributed by atoms with van der Waals surface area (Å²) in [6.07, 6.45) is 5.46. The van der Waals surface area contributed by atoms with Crippen molar-refractivity contribution in [2.75, 3.05) is 0 Å². The number of nitrogens with zero attached hydrogens (tertiary/aromatic N) is 1. The lowest BCUT2D eigenvalue weighted by Crippen LogP contribution is -2.56. The molecule has 2 N–H and O–H groups in total. The topological polar surface area (TPSA) is 86.7 Å². The smallest absolute Gasteiger partial charge is 0.324 e. The third kappa shape index (κ3) is 3.86. The lowest BCUT2D eigenvalue weighted by atomic mass is 9.77. The number of nitrogens with one attached hydrogen (secondary N) is 1. The minimum atomic E-state index is -1.45. The number of likely N-dealkylation sites (tertiary alicyclic amines) is 1. The number of carbonyl (C=O) groups excluding carboxylic acids is 2. The molecule has 32 heavy (non-hydrogen) atoms. The van der Waals surface area contributed by atoms with Gasteiger partial charge in [0.25, 0.3) is 0 Å². The molecule has 2 saturated heterocycles. The van der Waals surface area contributed by atoms with E-state index in [1.807, 2.05) is 79.7 Å². The maximum atomic E-state index is 13.5. The van der Waals surface area contributed by atoms with Gasteiger partial charge in [-0.05, 0) is 17.5 Å². The molecule has 6 nitrogen and oxygen atoms in total. The molecule has 2 aromatic carbocycles. The summed E-state index contributed by atoms with van der Waals surface area (Å²) in [5, 5.41) is 13.5. The number of carbonyl (C=O) groups is 3. The maximum Gasteiger partial charge on any atom is 0.324 e. The third-order valence-electron chi connectivity index (χ3n) is 6.57. The van der Waals surface area contributed by atoms with Crippen LogP contribution in [0.25, 0.3) is 6.08 Å². The number of unbranched alkanes of at least 4 members (excludes halogenated alkanes) is 1. The Morgan fingerprint density at radius 2 is 1.72 bits per heavy atom. The molecule has 2 aromatic rings. The van der Waals surface area contributed by atoms with Crippen LogP contribution in [0.3, 0.4) is 0 Å². The molecule has 0 aliphatic carbocycles. The van der Waals surface area contributed by atoms with E-state index in [0.717, 1.165) is 17.5 Å². The quantitative estimate of drug-likeness (QED) is 0.624. The molecule has 2 fully saturated rings. The predicted molar refractivity (Wildman–Crippen MR) is 121 cm³/mol. The minimum Gasteiger partial charge on any atom is -0.480 e. The molecule has 4 rings (SSSR count). The second-order valence-corrected chi connectivity index (χ2v) is 8.57. The monoisotopic (exact) mass is 432 g/mol. The van der Waals surface area contributed by atoms with Crippen LogP contribution in [0.1, 0.15) is 37.3 Å². The predicted octanol–water partition coefficient (Wildman–Crippen LogP) is 3.49. The van der Waals surface area contributed by atoms with E-state index in [1.165, 1.54) is 4.90 Å². The highest BCUT2D eigenvalue weighted by Gasteiger charge is 2.67. The number of imide groups is 1. The highest BCUT2D eigenvalue weighted by atomic mass is 16.4. The number of benzene rings is 2. The van der Waals surface area contributed by atoms with Crippen molar-refractivity contribution in [1.29, 1.82) is 0 Å². The highest BCUT2D eigenvalue weighted by molar-refractivity contribution is 6.09. The van der Waals surface area contributed by atoms with Crippen LogP contribution in [0, 0.1) is 11.8 Å². The van der Waals surface area contributed by atoms with Gasteiger partial charge in [-0.1, -0.05) is 92.6 Å². The summed E-state index contributed by atoms with van der Waals surface area (Å²) in [7, 11) is 0. The average Bonchev–Trinajstić information content (AvgIpc) is 3.27. The van der Waals surface area contributed by atoms with Crippen molar-refractivity contribution < 1.29 is 19.5 Å². The SMILES string of the molecule is CCCCC1(C(=O)O)NC(/C=C/c2ccccc2)C2C(=O)N(Cc3ccccc3)C(=O)C21. The molecule has 0 aromatic heterocycles. The molecule has 2 aliphatic heterocycles. The van der Waals surface area contributed by atoms with E-state index in [4.69, 9.17) is 0 Å². The number of aliphatic carboxylic acids is 1. The molecule has 0 saturated carbocycles. The molecule has 166 valence electrons. The first-order valence-electron chi connectivity index (χ1n) is 11.1. The van der Waals surface area contributed by atoms with Gasteiger partial charge in [-0.15, -0.1) is 0 Å². The van der Waals surface area contributed by atoms with Gasteiger partial charge in [-0.2, -0.15) is 0 Å². The standard InChI is InChI=1S/C26H28N2O4/c1-2-3-16-26(25(31)32)22-21(20(27-26)15-14-18-10-6-4-7-11-18)23(29)28(24(22)30)17-19-12-8-5-9-13-19/h4-15,20-22,27H,2-3,16-17H2,1H3,(H,31,32)/b15-14+. The summed E-state index contributed by atoms with van der Waals surface area (Å²) in [6, 6.07) is 18.4. The van der Waals surface area contributed by atoms with Crippen LogP contribution in [0.4, 0.5) is 0 Å². The second-order valence-electron chi connectivity index (χ2n) is 8.57.